The van der Waals surface area contributed by atoms with Crippen molar-refractivity contribution in [3.63, 3.8) is 0 Å². The van der Waals surface area contributed by atoms with Crippen LogP contribution in [0.15, 0.2) is 53.5 Å². The van der Waals surface area contributed by atoms with Gasteiger partial charge in [0.1, 0.15) is 0 Å². The van der Waals surface area contributed by atoms with E-state index in [2.05, 4.69) is 15.2 Å². The SMILES string of the molecule is Cc1c(C(N)=O)cccc1-c1cn(C)c(=O)c(Nc2ccc(N3CCC(N)CC3)cc2)n1. The number of aromatic nitrogens is 2. The largest absolute Gasteiger partial charge is 0.371 e. The Morgan fingerprint density at radius 1 is 1.12 bits per heavy atom. The molecule has 5 N–H and O–H groups in total. The van der Waals surface area contributed by atoms with Crippen LogP contribution in [-0.2, 0) is 7.05 Å². The Morgan fingerprint density at radius 2 is 1.81 bits per heavy atom. The number of piperidine rings is 1. The maximum absolute atomic E-state index is 12.7. The molecule has 0 saturated carbocycles. The minimum atomic E-state index is -0.497. The van der Waals surface area contributed by atoms with Crippen LogP contribution in [0.1, 0.15) is 28.8 Å². The van der Waals surface area contributed by atoms with Crippen molar-refractivity contribution in [2.24, 2.45) is 18.5 Å². The molecule has 1 saturated heterocycles. The Labute approximate surface area is 186 Å². The second-order valence-electron chi connectivity index (χ2n) is 8.23. The molecule has 1 aliphatic rings. The highest BCUT2D eigenvalue weighted by Crippen LogP contribution is 2.26. The standard InChI is InChI=1S/C24H28N6O2/c1-15-19(4-3-5-20(15)22(26)31)21-14-29(2)24(32)23(28-21)27-17-6-8-18(9-7-17)30-12-10-16(25)11-13-30/h3-9,14,16H,10-13,25H2,1-2H3,(H2,26,31)(H,27,28). The van der Waals surface area contributed by atoms with Crippen molar-refractivity contribution in [3.05, 3.63) is 70.1 Å². The number of hydrogen-bond acceptors (Lipinski definition) is 6. The average molecular weight is 433 g/mol. The van der Waals surface area contributed by atoms with Crippen LogP contribution >= 0.6 is 0 Å². The van der Waals surface area contributed by atoms with Crippen molar-refractivity contribution in [1.29, 1.82) is 0 Å². The first-order valence-corrected chi connectivity index (χ1v) is 10.7. The molecule has 4 rings (SSSR count). The molecule has 0 atom stereocenters. The summed E-state index contributed by atoms with van der Waals surface area (Å²) in [6, 6.07) is 13.5. The van der Waals surface area contributed by atoms with Gasteiger partial charge in [0, 0.05) is 54.9 Å². The van der Waals surface area contributed by atoms with Gasteiger partial charge >= 0.3 is 0 Å². The number of hydrogen-bond donors (Lipinski definition) is 3. The molecule has 8 nitrogen and oxygen atoms in total. The lowest BCUT2D eigenvalue weighted by Gasteiger charge is -2.32. The number of carbonyl (C=O) groups excluding carboxylic acids is 1. The van der Waals surface area contributed by atoms with Crippen LogP contribution < -0.4 is 27.2 Å². The highest BCUT2D eigenvalue weighted by molar-refractivity contribution is 5.96. The minimum Gasteiger partial charge on any atom is -0.371 e. The van der Waals surface area contributed by atoms with Crippen LogP contribution in [0.5, 0.6) is 0 Å². The fraction of sp³-hybridized carbons (Fsp3) is 0.292. The maximum atomic E-state index is 12.7. The van der Waals surface area contributed by atoms with Gasteiger partial charge in [-0.1, -0.05) is 12.1 Å². The fourth-order valence-corrected chi connectivity index (χ4v) is 4.05. The van der Waals surface area contributed by atoms with E-state index in [9.17, 15) is 9.59 Å². The van der Waals surface area contributed by atoms with Crippen LogP contribution in [0, 0.1) is 6.92 Å². The number of nitrogens with two attached hydrogens (primary N) is 2. The van der Waals surface area contributed by atoms with Crippen LogP contribution in [0.2, 0.25) is 0 Å². The van der Waals surface area contributed by atoms with E-state index >= 15 is 0 Å². The molecule has 0 radical (unpaired) electrons. The first-order chi connectivity index (χ1) is 15.3. The third-order valence-corrected chi connectivity index (χ3v) is 5.98. The highest BCUT2D eigenvalue weighted by atomic mass is 16.1. The first kappa shape index (κ1) is 21.6. The molecule has 0 unspecified atom stereocenters. The van der Waals surface area contributed by atoms with E-state index in [0.29, 0.717) is 11.3 Å². The second kappa shape index (κ2) is 8.84. The van der Waals surface area contributed by atoms with Crippen molar-refractivity contribution in [1.82, 2.24) is 9.55 Å². The zero-order valence-electron chi connectivity index (χ0n) is 18.3. The molecule has 2 heterocycles. The topological polar surface area (TPSA) is 119 Å². The van der Waals surface area contributed by atoms with Gasteiger partial charge in [-0.05, 0) is 55.7 Å². The molecule has 1 aliphatic heterocycles. The number of nitrogens with one attached hydrogen (secondary N) is 1. The lowest BCUT2D eigenvalue weighted by Crippen LogP contribution is -2.39. The minimum absolute atomic E-state index is 0.213. The zero-order valence-corrected chi connectivity index (χ0v) is 18.3. The number of rotatable bonds is 5. The Morgan fingerprint density at radius 3 is 2.47 bits per heavy atom. The van der Waals surface area contributed by atoms with E-state index in [1.165, 1.54) is 4.57 Å². The highest BCUT2D eigenvalue weighted by Gasteiger charge is 2.17. The summed E-state index contributed by atoms with van der Waals surface area (Å²) < 4.78 is 1.48. The third kappa shape index (κ3) is 4.36. The van der Waals surface area contributed by atoms with Gasteiger partial charge in [0.15, 0.2) is 5.82 Å². The molecular weight excluding hydrogens is 404 g/mol. The van der Waals surface area contributed by atoms with Crippen LogP contribution in [-0.4, -0.2) is 34.6 Å². The van der Waals surface area contributed by atoms with Crippen LogP contribution in [0.3, 0.4) is 0 Å². The van der Waals surface area contributed by atoms with E-state index < -0.39 is 5.91 Å². The van der Waals surface area contributed by atoms with Gasteiger partial charge in [0.25, 0.3) is 5.56 Å². The van der Waals surface area contributed by atoms with Gasteiger partial charge in [-0.15, -0.1) is 0 Å². The summed E-state index contributed by atoms with van der Waals surface area (Å²) in [5, 5.41) is 3.14. The molecule has 32 heavy (non-hydrogen) atoms. The van der Waals surface area contributed by atoms with Gasteiger partial charge in [-0.3, -0.25) is 9.59 Å². The molecule has 2 aromatic carbocycles. The summed E-state index contributed by atoms with van der Waals surface area (Å²) in [5.74, 6) is -0.283. The molecule has 0 spiro atoms. The number of primary amides is 1. The Bertz CT molecular complexity index is 1190. The van der Waals surface area contributed by atoms with E-state index in [1.807, 2.05) is 37.3 Å². The lowest BCUT2D eigenvalue weighted by atomic mass is 10.00. The van der Waals surface area contributed by atoms with Gasteiger partial charge < -0.3 is 26.3 Å². The molecule has 3 aromatic rings. The van der Waals surface area contributed by atoms with Crippen LogP contribution in [0.4, 0.5) is 17.2 Å². The van der Waals surface area contributed by atoms with E-state index in [0.717, 1.165) is 48.4 Å². The first-order valence-electron chi connectivity index (χ1n) is 10.7. The third-order valence-electron chi connectivity index (χ3n) is 5.98. The van der Waals surface area contributed by atoms with Crippen molar-refractivity contribution in [3.8, 4) is 11.3 Å². The Hall–Kier alpha value is -3.65. The molecule has 8 heteroatoms. The number of anilines is 3. The van der Waals surface area contributed by atoms with E-state index in [-0.39, 0.29) is 17.4 Å². The van der Waals surface area contributed by atoms with Gasteiger partial charge in [-0.25, -0.2) is 4.98 Å². The molecule has 1 aromatic heterocycles. The number of benzene rings is 2. The number of aryl methyl sites for hydroxylation is 1. The Kier molecular flexibility index (Phi) is 5.96. The average Bonchev–Trinajstić information content (AvgIpc) is 2.78. The normalized spacial score (nSPS) is 14.4. The summed E-state index contributed by atoms with van der Waals surface area (Å²) in [5.41, 5.74) is 15.6. The summed E-state index contributed by atoms with van der Waals surface area (Å²) >= 11 is 0. The molecule has 1 fully saturated rings. The molecule has 1 amide bonds. The van der Waals surface area contributed by atoms with Gasteiger partial charge in [0.05, 0.1) is 5.69 Å². The maximum Gasteiger partial charge on any atom is 0.293 e. The smallest absolute Gasteiger partial charge is 0.293 e. The predicted octanol–water partition coefficient (Wildman–Crippen LogP) is 2.53. The Balaban J connectivity index is 1.61. The molecule has 0 bridgehead atoms. The number of nitrogens with zero attached hydrogens (tertiary/aromatic N) is 3. The quantitative estimate of drug-likeness (QED) is 0.570. The predicted molar refractivity (Wildman–Crippen MR) is 127 cm³/mol. The summed E-state index contributed by atoms with van der Waals surface area (Å²) in [6.45, 7) is 3.71. The molecule has 166 valence electrons. The lowest BCUT2D eigenvalue weighted by molar-refractivity contribution is 0.0999. The van der Waals surface area contributed by atoms with Crippen molar-refractivity contribution in [2.75, 3.05) is 23.3 Å². The fourth-order valence-electron chi connectivity index (χ4n) is 4.05. The molecule has 0 aliphatic carbocycles. The van der Waals surface area contributed by atoms with E-state index in [4.69, 9.17) is 11.5 Å². The van der Waals surface area contributed by atoms with Crippen molar-refractivity contribution >= 4 is 23.1 Å². The monoisotopic (exact) mass is 432 g/mol. The molecular formula is C24H28N6O2. The summed E-state index contributed by atoms with van der Waals surface area (Å²) in [7, 11) is 1.68. The van der Waals surface area contributed by atoms with Crippen molar-refractivity contribution in [2.45, 2.75) is 25.8 Å². The second-order valence-corrected chi connectivity index (χ2v) is 8.23. The number of amides is 1. The summed E-state index contributed by atoms with van der Waals surface area (Å²) in [6.07, 6.45) is 3.64. The van der Waals surface area contributed by atoms with Crippen molar-refractivity contribution < 1.29 is 4.79 Å². The van der Waals surface area contributed by atoms with E-state index in [1.54, 1.807) is 25.4 Å². The van der Waals surface area contributed by atoms with Gasteiger partial charge in [0.2, 0.25) is 5.91 Å². The van der Waals surface area contributed by atoms with Gasteiger partial charge in [-0.2, -0.15) is 0 Å². The number of carbonyl (C=O) groups is 1. The zero-order chi connectivity index (χ0) is 22.8. The summed E-state index contributed by atoms with van der Waals surface area (Å²) in [4.78, 5) is 31.3. The van der Waals surface area contributed by atoms with Crippen LogP contribution in [0.25, 0.3) is 11.3 Å².